The molecule has 2 aliphatic rings. The first kappa shape index (κ1) is 14.7. The Bertz CT molecular complexity index is 361. The molecular weight excluding hydrogens is 262 g/mol. The Labute approximate surface area is 118 Å². The van der Waals surface area contributed by atoms with E-state index in [1.165, 1.54) is 37.4 Å². The van der Waals surface area contributed by atoms with E-state index < -0.39 is 11.2 Å². The van der Waals surface area contributed by atoms with Crippen LogP contribution >= 0.6 is 11.8 Å². The van der Waals surface area contributed by atoms with Crippen molar-refractivity contribution in [3.8, 4) is 0 Å². The van der Waals surface area contributed by atoms with Crippen molar-refractivity contribution in [3.05, 3.63) is 0 Å². The number of aliphatic carboxylic acids is 1. The van der Waals surface area contributed by atoms with Crippen LogP contribution in [0, 0.1) is 17.8 Å². The monoisotopic (exact) mass is 285 g/mol. The standard InChI is InChI=1S/C14H23NO3S/c1-8(12-6-10-3-4-11(12)5-10)15-13(16)7-19-9(2)14(17)18/h8-12H,3-7H2,1-2H3,(H,15,16)(H,17,18)/t8-,9-,10-,11+,12-/m1/s1. The average Bonchev–Trinajstić information content (AvgIpc) is 2.97. The second-order valence-electron chi connectivity index (χ2n) is 5.99. The number of fused-ring (bicyclic) bond motifs is 2. The number of nitrogens with one attached hydrogen (secondary N) is 1. The zero-order valence-electron chi connectivity index (χ0n) is 11.6. The van der Waals surface area contributed by atoms with E-state index in [1.54, 1.807) is 6.92 Å². The largest absolute Gasteiger partial charge is 0.480 e. The number of thioether (sulfide) groups is 1. The molecule has 5 atom stereocenters. The van der Waals surface area contributed by atoms with Gasteiger partial charge in [-0.25, -0.2) is 0 Å². The molecule has 2 aliphatic carbocycles. The molecule has 0 aromatic carbocycles. The molecule has 5 heteroatoms. The number of amides is 1. The Morgan fingerprint density at radius 1 is 1.32 bits per heavy atom. The number of carbonyl (C=O) groups is 2. The van der Waals surface area contributed by atoms with Gasteiger partial charge in [-0.1, -0.05) is 6.42 Å². The molecule has 2 fully saturated rings. The summed E-state index contributed by atoms with van der Waals surface area (Å²) in [7, 11) is 0. The fourth-order valence-electron chi connectivity index (χ4n) is 3.58. The van der Waals surface area contributed by atoms with Gasteiger partial charge in [0.15, 0.2) is 0 Å². The molecule has 0 aromatic rings. The molecule has 0 saturated heterocycles. The molecule has 0 aliphatic heterocycles. The average molecular weight is 285 g/mol. The van der Waals surface area contributed by atoms with E-state index in [4.69, 9.17) is 5.11 Å². The van der Waals surface area contributed by atoms with Crippen LogP contribution in [0.5, 0.6) is 0 Å². The molecule has 0 radical (unpaired) electrons. The van der Waals surface area contributed by atoms with Gasteiger partial charge in [-0.05, 0) is 50.9 Å². The Kier molecular flexibility index (Phi) is 4.76. The molecule has 2 N–H and O–H groups in total. The van der Waals surface area contributed by atoms with Crippen molar-refractivity contribution in [1.29, 1.82) is 0 Å². The van der Waals surface area contributed by atoms with Crippen LogP contribution in [0.3, 0.4) is 0 Å². The van der Waals surface area contributed by atoms with Gasteiger partial charge < -0.3 is 10.4 Å². The zero-order chi connectivity index (χ0) is 14.0. The summed E-state index contributed by atoms with van der Waals surface area (Å²) in [5.41, 5.74) is 0. The summed E-state index contributed by atoms with van der Waals surface area (Å²) in [5, 5.41) is 11.3. The molecule has 0 aromatic heterocycles. The van der Waals surface area contributed by atoms with Crippen LogP contribution in [0.2, 0.25) is 0 Å². The predicted molar refractivity (Wildman–Crippen MR) is 76.1 cm³/mol. The summed E-state index contributed by atoms with van der Waals surface area (Å²) < 4.78 is 0. The number of carboxylic acid groups (broad SMARTS) is 1. The summed E-state index contributed by atoms with van der Waals surface area (Å²) >= 11 is 1.18. The zero-order valence-corrected chi connectivity index (χ0v) is 12.4. The third-order valence-electron chi connectivity index (χ3n) is 4.64. The summed E-state index contributed by atoms with van der Waals surface area (Å²) in [6, 6.07) is 0.225. The van der Waals surface area contributed by atoms with E-state index in [1.807, 2.05) is 0 Å². The lowest BCUT2D eigenvalue weighted by Crippen LogP contribution is -2.41. The van der Waals surface area contributed by atoms with Crippen LogP contribution in [0.1, 0.15) is 39.5 Å². The summed E-state index contributed by atoms with van der Waals surface area (Å²) in [5.74, 6) is 1.65. The minimum absolute atomic E-state index is 0.0339. The second-order valence-corrected chi connectivity index (χ2v) is 7.32. The maximum Gasteiger partial charge on any atom is 0.316 e. The van der Waals surface area contributed by atoms with E-state index in [0.29, 0.717) is 5.92 Å². The topological polar surface area (TPSA) is 66.4 Å². The van der Waals surface area contributed by atoms with Crippen LogP contribution in [-0.2, 0) is 9.59 Å². The molecule has 2 saturated carbocycles. The van der Waals surface area contributed by atoms with Crippen molar-refractivity contribution in [2.75, 3.05) is 5.75 Å². The molecule has 108 valence electrons. The number of hydrogen-bond donors (Lipinski definition) is 2. The van der Waals surface area contributed by atoms with Gasteiger partial charge >= 0.3 is 5.97 Å². The van der Waals surface area contributed by atoms with E-state index in [0.717, 1.165) is 11.8 Å². The van der Waals surface area contributed by atoms with Crippen molar-refractivity contribution in [2.24, 2.45) is 17.8 Å². The van der Waals surface area contributed by atoms with Crippen molar-refractivity contribution >= 4 is 23.6 Å². The van der Waals surface area contributed by atoms with E-state index in [9.17, 15) is 9.59 Å². The van der Waals surface area contributed by atoms with Gasteiger partial charge in [-0.3, -0.25) is 9.59 Å². The van der Waals surface area contributed by atoms with Crippen molar-refractivity contribution in [1.82, 2.24) is 5.32 Å². The minimum atomic E-state index is -0.862. The predicted octanol–water partition coefficient (Wildman–Crippen LogP) is 2.13. The molecule has 2 bridgehead atoms. The molecule has 0 heterocycles. The normalized spacial score (nSPS) is 32.0. The van der Waals surface area contributed by atoms with Crippen molar-refractivity contribution in [2.45, 2.75) is 50.8 Å². The molecule has 2 rings (SSSR count). The summed E-state index contributed by atoms with van der Waals surface area (Å²) in [6.07, 6.45) is 5.29. The number of carbonyl (C=O) groups excluding carboxylic acids is 1. The highest BCUT2D eigenvalue weighted by Crippen LogP contribution is 2.49. The maximum absolute atomic E-state index is 11.8. The smallest absolute Gasteiger partial charge is 0.316 e. The van der Waals surface area contributed by atoms with Gasteiger partial charge in [0.05, 0.1) is 11.0 Å². The summed E-state index contributed by atoms with van der Waals surface area (Å²) in [4.78, 5) is 22.5. The number of rotatable bonds is 6. The Balaban J connectivity index is 1.71. The lowest BCUT2D eigenvalue weighted by Gasteiger charge is -2.28. The van der Waals surface area contributed by atoms with E-state index >= 15 is 0 Å². The first-order valence-corrected chi connectivity index (χ1v) is 8.16. The molecule has 4 nitrogen and oxygen atoms in total. The first-order chi connectivity index (χ1) is 8.97. The highest BCUT2D eigenvalue weighted by molar-refractivity contribution is 8.01. The van der Waals surface area contributed by atoms with Crippen molar-refractivity contribution < 1.29 is 14.7 Å². The maximum atomic E-state index is 11.8. The highest BCUT2D eigenvalue weighted by atomic mass is 32.2. The minimum Gasteiger partial charge on any atom is -0.480 e. The fourth-order valence-corrected chi connectivity index (χ4v) is 4.21. The Morgan fingerprint density at radius 2 is 2.05 bits per heavy atom. The number of carboxylic acids is 1. The molecular formula is C14H23NO3S. The van der Waals surface area contributed by atoms with Gasteiger partial charge in [-0.2, -0.15) is 0 Å². The number of hydrogen-bond acceptors (Lipinski definition) is 3. The first-order valence-electron chi connectivity index (χ1n) is 7.11. The van der Waals surface area contributed by atoms with Crippen LogP contribution < -0.4 is 5.32 Å². The van der Waals surface area contributed by atoms with E-state index in [-0.39, 0.29) is 17.7 Å². The SMILES string of the molecule is C[C@@H](SCC(=O)N[C@H](C)[C@H]1C[C@@H]2CC[C@H]1C2)C(=O)O. The van der Waals surface area contributed by atoms with Gasteiger partial charge in [-0.15, -0.1) is 11.8 Å². The summed E-state index contributed by atoms with van der Waals surface area (Å²) in [6.45, 7) is 3.70. The molecule has 0 spiro atoms. The third-order valence-corrected chi connectivity index (χ3v) is 5.77. The van der Waals surface area contributed by atoms with Crippen LogP contribution in [0.25, 0.3) is 0 Å². The molecule has 19 heavy (non-hydrogen) atoms. The van der Waals surface area contributed by atoms with Gasteiger partial charge in [0.2, 0.25) is 5.91 Å². The lowest BCUT2D eigenvalue weighted by molar-refractivity contribution is -0.136. The highest BCUT2D eigenvalue weighted by Gasteiger charge is 2.42. The van der Waals surface area contributed by atoms with Gasteiger partial charge in [0.1, 0.15) is 0 Å². The van der Waals surface area contributed by atoms with Gasteiger partial charge in [0.25, 0.3) is 0 Å². The Hall–Kier alpha value is -0.710. The van der Waals surface area contributed by atoms with E-state index in [2.05, 4.69) is 12.2 Å². The Morgan fingerprint density at radius 3 is 2.58 bits per heavy atom. The molecule has 1 amide bonds. The quantitative estimate of drug-likeness (QED) is 0.784. The van der Waals surface area contributed by atoms with Crippen molar-refractivity contribution in [3.63, 3.8) is 0 Å². The van der Waals surface area contributed by atoms with Crippen LogP contribution in [0.4, 0.5) is 0 Å². The lowest BCUT2D eigenvalue weighted by atomic mass is 9.84. The second kappa shape index (κ2) is 6.16. The van der Waals surface area contributed by atoms with Crippen LogP contribution in [-0.4, -0.2) is 34.0 Å². The third kappa shape index (κ3) is 3.65. The van der Waals surface area contributed by atoms with Crippen LogP contribution in [0.15, 0.2) is 0 Å². The van der Waals surface area contributed by atoms with Gasteiger partial charge in [0, 0.05) is 6.04 Å². The molecule has 0 unspecified atom stereocenters. The fraction of sp³-hybridized carbons (Fsp3) is 0.857.